The van der Waals surface area contributed by atoms with E-state index in [-0.39, 0.29) is 17.6 Å². The van der Waals surface area contributed by atoms with E-state index >= 15 is 0 Å². The minimum atomic E-state index is -0.562. The molecule has 0 spiro atoms. The van der Waals surface area contributed by atoms with Crippen LogP contribution in [0.5, 0.6) is 0 Å². The number of likely N-dealkylation sites (N-methyl/N-ethyl adjacent to an activating group) is 1. The van der Waals surface area contributed by atoms with Crippen molar-refractivity contribution in [2.75, 3.05) is 13.6 Å². The molecule has 16 heavy (non-hydrogen) atoms. The van der Waals surface area contributed by atoms with Crippen molar-refractivity contribution in [2.24, 2.45) is 5.73 Å². The summed E-state index contributed by atoms with van der Waals surface area (Å²) in [5.74, 6) is -0.876. The molecule has 0 bridgehead atoms. The Morgan fingerprint density at radius 3 is 2.62 bits per heavy atom. The summed E-state index contributed by atoms with van der Waals surface area (Å²) in [5, 5.41) is 0.246. The van der Waals surface area contributed by atoms with E-state index in [0.717, 1.165) is 0 Å². The maximum absolute atomic E-state index is 11.8. The van der Waals surface area contributed by atoms with Crippen LogP contribution in [0.1, 0.15) is 16.1 Å². The minimum absolute atomic E-state index is 0.127. The van der Waals surface area contributed by atoms with Crippen LogP contribution in [-0.2, 0) is 4.79 Å². The lowest BCUT2D eigenvalue weighted by Crippen LogP contribution is -2.35. The largest absolute Gasteiger partial charge is 0.368 e. The monoisotopic (exact) mass is 241 g/mol. The molecule has 86 valence electrons. The van der Waals surface area contributed by atoms with Crippen LogP contribution < -0.4 is 5.73 Å². The number of hydrogen-bond donors (Lipinski definition) is 1. The van der Waals surface area contributed by atoms with Gasteiger partial charge in [0.2, 0.25) is 5.91 Å². The molecular weight excluding hydrogens is 230 g/mol. The second-order valence-electron chi connectivity index (χ2n) is 3.45. The molecule has 1 aromatic rings. The second kappa shape index (κ2) is 4.94. The molecule has 1 aromatic heterocycles. The molecule has 0 unspecified atom stereocenters. The number of nitrogens with two attached hydrogens (primary N) is 1. The summed E-state index contributed by atoms with van der Waals surface area (Å²) in [5.41, 5.74) is 6.03. The third-order valence-electron chi connectivity index (χ3n) is 1.91. The van der Waals surface area contributed by atoms with Gasteiger partial charge in [-0.2, -0.15) is 0 Å². The van der Waals surface area contributed by atoms with Crippen molar-refractivity contribution in [3.63, 3.8) is 0 Å². The van der Waals surface area contributed by atoms with Gasteiger partial charge < -0.3 is 10.6 Å². The maximum Gasteiger partial charge on any atom is 0.254 e. The lowest BCUT2D eigenvalue weighted by molar-refractivity contribution is -0.118. The Labute approximate surface area is 98.2 Å². The van der Waals surface area contributed by atoms with Gasteiger partial charge in [0.25, 0.3) is 5.91 Å². The molecule has 0 radical (unpaired) electrons. The van der Waals surface area contributed by atoms with E-state index < -0.39 is 5.91 Å². The lowest BCUT2D eigenvalue weighted by atomic mass is 10.2. The zero-order chi connectivity index (χ0) is 12.3. The van der Waals surface area contributed by atoms with Crippen molar-refractivity contribution < 1.29 is 9.59 Å². The molecule has 2 N–H and O–H groups in total. The van der Waals surface area contributed by atoms with Crippen LogP contribution in [0.15, 0.2) is 12.1 Å². The third-order valence-corrected chi connectivity index (χ3v) is 2.10. The number of nitrogens with zero attached hydrogens (tertiary/aromatic N) is 2. The number of aryl methyl sites for hydroxylation is 1. The van der Waals surface area contributed by atoms with Crippen LogP contribution in [0.2, 0.25) is 5.15 Å². The Balaban J connectivity index is 2.91. The predicted molar refractivity (Wildman–Crippen MR) is 60.1 cm³/mol. The molecular formula is C10H12ClN3O2. The maximum atomic E-state index is 11.8. The topological polar surface area (TPSA) is 76.3 Å². The van der Waals surface area contributed by atoms with Crippen LogP contribution in [0, 0.1) is 6.92 Å². The molecule has 1 rings (SSSR count). The first-order chi connectivity index (χ1) is 7.40. The third kappa shape index (κ3) is 3.20. The molecule has 1 heterocycles. The van der Waals surface area contributed by atoms with E-state index in [2.05, 4.69) is 4.98 Å². The fourth-order valence-corrected chi connectivity index (χ4v) is 1.53. The zero-order valence-corrected chi connectivity index (χ0v) is 9.78. The van der Waals surface area contributed by atoms with Gasteiger partial charge in [0.15, 0.2) is 0 Å². The Bertz CT molecular complexity index is 414. The highest BCUT2D eigenvalue weighted by Crippen LogP contribution is 2.11. The van der Waals surface area contributed by atoms with E-state index in [1.165, 1.54) is 18.0 Å². The molecule has 0 aliphatic carbocycles. The van der Waals surface area contributed by atoms with Crippen LogP contribution in [0.25, 0.3) is 0 Å². The first-order valence-corrected chi connectivity index (χ1v) is 4.96. The van der Waals surface area contributed by atoms with Gasteiger partial charge >= 0.3 is 0 Å². The highest BCUT2D eigenvalue weighted by atomic mass is 35.5. The summed E-state index contributed by atoms with van der Waals surface area (Å²) in [6.45, 7) is 1.61. The van der Waals surface area contributed by atoms with Crippen LogP contribution >= 0.6 is 11.6 Å². The van der Waals surface area contributed by atoms with Gasteiger partial charge in [-0.25, -0.2) is 4.98 Å². The van der Waals surface area contributed by atoms with E-state index in [1.54, 1.807) is 13.0 Å². The van der Waals surface area contributed by atoms with Gasteiger partial charge in [-0.05, 0) is 19.1 Å². The quantitative estimate of drug-likeness (QED) is 0.788. The number of aromatic nitrogens is 1. The standard InChI is InChI=1S/C10H12ClN3O2/c1-6-3-7(4-8(11)13-6)10(16)14(2)5-9(12)15/h3-4H,5H2,1-2H3,(H2,12,15). The Morgan fingerprint density at radius 1 is 1.50 bits per heavy atom. The van der Waals surface area contributed by atoms with Gasteiger partial charge in [-0.3, -0.25) is 9.59 Å². The molecule has 5 nitrogen and oxygen atoms in total. The number of carbonyl (C=O) groups is 2. The van der Waals surface area contributed by atoms with Crippen molar-refractivity contribution in [2.45, 2.75) is 6.92 Å². The number of amides is 2. The zero-order valence-electron chi connectivity index (χ0n) is 9.03. The summed E-state index contributed by atoms with van der Waals surface area (Å²) < 4.78 is 0. The number of primary amides is 1. The predicted octanol–water partition coefficient (Wildman–Crippen LogP) is 0.601. The second-order valence-corrected chi connectivity index (χ2v) is 3.83. The van der Waals surface area contributed by atoms with Gasteiger partial charge in [-0.15, -0.1) is 0 Å². The fraction of sp³-hybridized carbons (Fsp3) is 0.300. The minimum Gasteiger partial charge on any atom is -0.368 e. The fourth-order valence-electron chi connectivity index (χ4n) is 1.28. The number of hydrogen-bond acceptors (Lipinski definition) is 3. The number of rotatable bonds is 3. The Kier molecular flexibility index (Phi) is 3.84. The molecule has 0 saturated heterocycles. The van der Waals surface area contributed by atoms with E-state index in [9.17, 15) is 9.59 Å². The van der Waals surface area contributed by atoms with Crippen molar-refractivity contribution >= 4 is 23.4 Å². The normalized spacial score (nSPS) is 9.94. The SMILES string of the molecule is Cc1cc(C(=O)N(C)CC(N)=O)cc(Cl)n1. The van der Waals surface area contributed by atoms with Gasteiger partial charge in [0.1, 0.15) is 5.15 Å². The summed E-state index contributed by atoms with van der Waals surface area (Å²) in [7, 11) is 1.50. The molecule has 0 aliphatic rings. The van der Waals surface area contributed by atoms with Crippen LogP contribution in [-0.4, -0.2) is 35.3 Å². The van der Waals surface area contributed by atoms with Crippen molar-refractivity contribution in [1.29, 1.82) is 0 Å². The van der Waals surface area contributed by atoms with E-state index in [1.807, 2.05) is 0 Å². The molecule has 0 aliphatic heterocycles. The van der Waals surface area contributed by atoms with E-state index in [4.69, 9.17) is 17.3 Å². The summed E-state index contributed by atoms with van der Waals surface area (Å²) in [4.78, 5) is 27.7. The average molecular weight is 242 g/mol. The number of carbonyl (C=O) groups excluding carboxylic acids is 2. The molecule has 2 amide bonds. The van der Waals surface area contributed by atoms with Gasteiger partial charge in [-0.1, -0.05) is 11.6 Å². The molecule has 0 aromatic carbocycles. The lowest BCUT2D eigenvalue weighted by Gasteiger charge is -2.15. The van der Waals surface area contributed by atoms with Gasteiger partial charge in [0, 0.05) is 18.3 Å². The molecule has 6 heteroatoms. The first-order valence-electron chi connectivity index (χ1n) is 4.58. The smallest absolute Gasteiger partial charge is 0.254 e. The number of halogens is 1. The van der Waals surface area contributed by atoms with Gasteiger partial charge in [0.05, 0.1) is 6.54 Å². The van der Waals surface area contributed by atoms with Crippen LogP contribution in [0.4, 0.5) is 0 Å². The Hall–Kier alpha value is -1.62. The van der Waals surface area contributed by atoms with E-state index in [0.29, 0.717) is 11.3 Å². The van der Waals surface area contributed by atoms with Crippen LogP contribution in [0.3, 0.4) is 0 Å². The van der Waals surface area contributed by atoms with Crippen molar-refractivity contribution in [1.82, 2.24) is 9.88 Å². The van der Waals surface area contributed by atoms with Crippen molar-refractivity contribution in [3.05, 3.63) is 28.5 Å². The molecule has 0 saturated carbocycles. The highest BCUT2D eigenvalue weighted by Gasteiger charge is 2.14. The highest BCUT2D eigenvalue weighted by molar-refractivity contribution is 6.29. The number of pyridine rings is 1. The molecule has 0 fully saturated rings. The average Bonchev–Trinajstić information content (AvgIpc) is 2.13. The molecule has 0 atom stereocenters. The van der Waals surface area contributed by atoms with Crippen molar-refractivity contribution in [3.8, 4) is 0 Å². The Morgan fingerprint density at radius 2 is 2.12 bits per heavy atom. The summed E-state index contributed by atoms with van der Waals surface area (Å²) >= 11 is 5.73. The summed E-state index contributed by atoms with van der Waals surface area (Å²) in [6, 6.07) is 3.06. The first kappa shape index (κ1) is 12.4. The summed E-state index contributed by atoms with van der Waals surface area (Å²) in [6.07, 6.45) is 0.